The smallest absolute Gasteiger partial charge is 0.422 e. The van der Waals surface area contributed by atoms with E-state index in [9.17, 15) is 38.0 Å². The Bertz CT molecular complexity index is 689. The second-order valence-electron chi connectivity index (χ2n) is 5.10. The number of amides is 1. The molecule has 0 aromatic heterocycles. The highest BCUT2D eigenvalue weighted by Gasteiger charge is 2.32. The van der Waals surface area contributed by atoms with E-state index in [2.05, 4.69) is 4.74 Å². The van der Waals surface area contributed by atoms with Gasteiger partial charge in [0.05, 0.1) is 11.5 Å². The van der Waals surface area contributed by atoms with Gasteiger partial charge in [0.1, 0.15) is 11.3 Å². The molecule has 1 aromatic carbocycles. The highest BCUT2D eigenvalue weighted by molar-refractivity contribution is 5.98. The van der Waals surface area contributed by atoms with Gasteiger partial charge in [-0.2, -0.15) is 13.2 Å². The van der Waals surface area contributed by atoms with Crippen LogP contribution in [0.3, 0.4) is 0 Å². The van der Waals surface area contributed by atoms with Crippen LogP contribution < -0.4 is 10.1 Å². The molecule has 1 rings (SSSR count). The summed E-state index contributed by atoms with van der Waals surface area (Å²) in [6.45, 7) is -1.57. The number of rotatable bonds is 7. The Balaban J connectivity index is 3.03. The van der Waals surface area contributed by atoms with Gasteiger partial charge in [-0.3, -0.25) is 14.9 Å². The molecule has 3 N–H and O–H groups in total. The number of carbonyl (C=O) groups is 2. The number of nitrogens with zero attached hydrogens (tertiary/aromatic N) is 1. The van der Waals surface area contributed by atoms with Gasteiger partial charge in [-0.05, 0) is 19.1 Å². The molecule has 1 unspecified atom stereocenters. The molecular formula is C13H13F3N2O7. The normalized spacial score (nSPS) is 13.6. The van der Waals surface area contributed by atoms with Crippen molar-refractivity contribution >= 4 is 17.6 Å². The van der Waals surface area contributed by atoms with Crippen LogP contribution in [0.15, 0.2) is 18.2 Å². The number of benzene rings is 1. The lowest BCUT2D eigenvalue weighted by Gasteiger charge is -2.18. The van der Waals surface area contributed by atoms with E-state index >= 15 is 0 Å². The lowest BCUT2D eigenvalue weighted by molar-refractivity contribution is -0.385. The van der Waals surface area contributed by atoms with Crippen LogP contribution in [0.2, 0.25) is 0 Å². The van der Waals surface area contributed by atoms with Gasteiger partial charge in [-0.1, -0.05) is 0 Å². The van der Waals surface area contributed by atoms with Crippen molar-refractivity contribution in [2.45, 2.75) is 18.7 Å². The lowest BCUT2D eigenvalue weighted by Crippen LogP contribution is -2.46. The zero-order valence-corrected chi connectivity index (χ0v) is 12.7. The molecule has 0 spiro atoms. The zero-order valence-electron chi connectivity index (χ0n) is 12.7. The van der Waals surface area contributed by atoms with E-state index in [1.165, 1.54) is 0 Å². The second kappa shape index (κ2) is 7.34. The number of hydrogen-bond acceptors (Lipinski definition) is 6. The van der Waals surface area contributed by atoms with Crippen molar-refractivity contribution in [1.29, 1.82) is 0 Å². The van der Waals surface area contributed by atoms with Crippen LogP contribution in [0.25, 0.3) is 0 Å². The molecular weight excluding hydrogens is 353 g/mol. The molecule has 0 radical (unpaired) electrons. The average molecular weight is 366 g/mol. The van der Waals surface area contributed by atoms with E-state index in [0.717, 1.165) is 19.1 Å². The van der Waals surface area contributed by atoms with Gasteiger partial charge >= 0.3 is 12.1 Å². The molecule has 0 aliphatic carbocycles. The Morgan fingerprint density at radius 3 is 2.44 bits per heavy atom. The minimum absolute atomic E-state index is 0.446. The highest BCUT2D eigenvalue weighted by Crippen LogP contribution is 2.26. The fourth-order valence-corrected chi connectivity index (χ4v) is 1.53. The average Bonchev–Trinajstić information content (AvgIpc) is 2.49. The Morgan fingerprint density at radius 1 is 1.36 bits per heavy atom. The van der Waals surface area contributed by atoms with Crippen molar-refractivity contribution in [3.05, 3.63) is 33.9 Å². The summed E-state index contributed by atoms with van der Waals surface area (Å²) >= 11 is 0. The summed E-state index contributed by atoms with van der Waals surface area (Å²) in [5.41, 5.74) is -3.72. The van der Waals surface area contributed by atoms with E-state index < -0.39 is 58.7 Å². The number of ether oxygens (including phenoxy) is 1. The summed E-state index contributed by atoms with van der Waals surface area (Å²) in [6.07, 6.45) is -4.65. The van der Waals surface area contributed by atoms with Crippen molar-refractivity contribution in [1.82, 2.24) is 5.32 Å². The zero-order chi connectivity index (χ0) is 19.4. The van der Waals surface area contributed by atoms with Gasteiger partial charge < -0.3 is 20.3 Å². The molecule has 0 fully saturated rings. The van der Waals surface area contributed by atoms with Crippen LogP contribution in [0, 0.1) is 10.1 Å². The number of aliphatic hydroxyl groups is 1. The molecule has 1 atom stereocenters. The largest absolute Gasteiger partial charge is 0.484 e. The Hall–Kier alpha value is -2.89. The predicted molar refractivity (Wildman–Crippen MR) is 75.2 cm³/mol. The molecule has 0 aliphatic heterocycles. The maximum Gasteiger partial charge on any atom is 0.422 e. The summed E-state index contributed by atoms with van der Waals surface area (Å²) in [7, 11) is 0. The van der Waals surface area contributed by atoms with Crippen LogP contribution in [-0.2, 0) is 4.79 Å². The first-order valence-electron chi connectivity index (χ1n) is 6.55. The lowest BCUT2D eigenvalue weighted by atomic mass is 10.1. The third-order valence-corrected chi connectivity index (χ3v) is 2.87. The van der Waals surface area contributed by atoms with Gasteiger partial charge in [0, 0.05) is 6.07 Å². The van der Waals surface area contributed by atoms with Crippen LogP contribution in [0.1, 0.15) is 17.3 Å². The maximum atomic E-state index is 12.1. The number of halogens is 3. The van der Waals surface area contributed by atoms with Gasteiger partial charge in [0.2, 0.25) is 0 Å². The molecule has 1 amide bonds. The number of aliphatic carboxylic acids is 1. The van der Waals surface area contributed by atoms with Crippen LogP contribution in [-0.4, -0.2) is 51.9 Å². The first kappa shape index (κ1) is 20.2. The molecule has 0 saturated heterocycles. The number of hydrogen-bond donors (Lipinski definition) is 3. The minimum Gasteiger partial charge on any atom is -0.484 e. The molecule has 0 saturated carbocycles. The van der Waals surface area contributed by atoms with E-state index in [4.69, 9.17) is 5.11 Å². The number of nitrogens with one attached hydrogen (secondary N) is 1. The predicted octanol–water partition coefficient (Wildman–Crippen LogP) is 1.10. The summed E-state index contributed by atoms with van der Waals surface area (Å²) in [6, 6.07) is 2.37. The van der Waals surface area contributed by atoms with E-state index in [1.807, 2.05) is 5.32 Å². The Morgan fingerprint density at radius 2 is 1.96 bits per heavy atom. The highest BCUT2D eigenvalue weighted by atomic mass is 19.4. The third kappa shape index (κ3) is 5.91. The number of nitro groups is 1. The van der Waals surface area contributed by atoms with Gasteiger partial charge in [-0.15, -0.1) is 0 Å². The SMILES string of the molecule is CC(O)(CNC(=O)c1cc(OCC(F)(F)F)ccc1[N+](=O)[O-])C(=O)O. The first-order valence-corrected chi connectivity index (χ1v) is 6.55. The van der Waals surface area contributed by atoms with Crippen LogP contribution in [0.5, 0.6) is 5.75 Å². The minimum atomic E-state index is -4.65. The summed E-state index contributed by atoms with van der Waals surface area (Å²) in [4.78, 5) is 32.7. The topological polar surface area (TPSA) is 139 Å². The van der Waals surface area contributed by atoms with Gasteiger partial charge in [0.15, 0.2) is 12.2 Å². The molecule has 25 heavy (non-hydrogen) atoms. The van der Waals surface area contributed by atoms with Crippen molar-refractivity contribution < 1.29 is 42.6 Å². The quantitative estimate of drug-likeness (QED) is 0.485. The van der Waals surface area contributed by atoms with Crippen molar-refractivity contribution in [3.8, 4) is 5.75 Å². The number of carbonyl (C=O) groups excluding carboxylic acids is 1. The van der Waals surface area contributed by atoms with E-state index in [0.29, 0.717) is 6.07 Å². The van der Waals surface area contributed by atoms with Gasteiger partial charge in [-0.25, -0.2) is 4.79 Å². The van der Waals surface area contributed by atoms with Crippen LogP contribution in [0.4, 0.5) is 18.9 Å². The molecule has 12 heteroatoms. The number of carboxylic acid groups (broad SMARTS) is 1. The maximum absolute atomic E-state index is 12.1. The number of nitro benzene ring substituents is 1. The molecule has 9 nitrogen and oxygen atoms in total. The molecule has 0 heterocycles. The van der Waals surface area contributed by atoms with Crippen molar-refractivity contribution in [2.75, 3.05) is 13.2 Å². The van der Waals surface area contributed by atoms with Crippen molar-refractivity contribution in [2.24, 2.45) is 0 Å². The van der Waals surface area contributed by atoms with Gasteiger partial charge in [0.25, 0.3) is 11.6 Å². The summed E-state index contributed by atoms with van der Waals surface area (Å²) in [5.74, 6) is -3.26. The second-order valence-corrected chi connectivity index (χ2v) is 5.10. The van der Waals surface area contributed by atoms with Crippen molar-refractivity contribution in [3.63, 3.8) is 0 Å². The Labute approximate surface area is 138 Å². The number of alkyl halides is 3. The Kier molecular flexibility index (Phi) is 5.92. The molecule has 0 aliphatic rings. The summed E-state index contributed by atoms with van der Waals surface area (Å²) in [5, 5.41) is 31.1. The fraction of sp³-hybridized carbons (Fsp3) is 0.385. The monoisotopic (exact) mass is 366 g/mol. The molecule has 0 bridgehead atoms. The summed E-state index contributed by atoms with van der Waals surface area (Å²) < 4.78 is 40.8. The first-order chi connectivity index (χ1) is 11.3. The molecule has 1 aromatic rings. The fourth-order valence-electron chi connectivity index (χ4n) is 1.53. The van der Waals surface area contributed by atoms with Crippen LogP contribution >= 0.6 is 0 Å². The standard InChI is InChI=1S/C13H13F3N2O7/c1-12(22,11(20)21)5-17-10(19)8-4-7(25-6-13(14,15)16)2-3-9(8)18(23)24/h2-4,22H,5-6H2,1H3,(H,17,19)(H,20,21). The van der Waals surface area contributed by atoms with E-state index in [1.54, 1.807) is 0 Å². The number of carboxylic acids is 1. The third-order valence-electron chi connectivity index (χ3n) is 2.87. The van der Waals surface area contributed by atoms with E-state index in [-0.39, 0.29) is 0 Å². The molecule has 138 valence electrons.